The minimum Gasteiger partial charge on any atom is -0.508 e. The average molecular weight is 390 g/mol. The Morgan fingerprint density at radius 1 is 0.964 bits per heavy atom. The van der Waals surface area contributed by atoms with Crippen molar-refractivity contribution in [2.75, 3.05) is 0 Å². The number of rotatable bonds is 3. The molecule has 0 bridgehead atoms. The number of carbonyl (C=O) groups is 1. The molecule has 138 valence electrons. The maximum Gasteiger partial charge on any atom is 0.344 e. The molecule has 1 aliphatic carbocycles. The number of esters is 1. The zero-order valence-corrected chi connectivity index (χ0v) is 15.4. The standard InChI is InChI=1S/C22H14O5S/c23-15-8-6-14(7-9-15)21(24)27-18-12-17-16(10-11-19(18)28)20(22(25)26-17)13-4-2-1-3-5-13/h1-12,23,28H. The Morgan fingerprint density at radius 2 is 1.68 bits per heavy atom. The molecule has 0 radical (unpaired) electrons. The van der Waals surface area contributed by atoms with Crippen LogP contribution in [0.3, 0.4) is 0 Å². The maximum atomic E-state index is 12.4. The molecule has 0 unspecified atom stereocenters. The molecule has 0 atom stereocenters. The molecule has 6 heteroatoms. The lowest BCUT2D eigenvalue weighted by Gasteiger charge is -2.05. The van der Waals surface area contributed by atoms with Crippen molar-refractivity contribution in [1.29, 1.82) is 0 Å². The summed E-state index contributed by atoms with van der Waals surface area (Å²) in [4.78, 5) is 25.2. The Bertz CT molecular complexity index is 1180. The van der Waals surface area contributed by atoms with Crippen molar-refractivity contribution in [2.45, 2.75) is 4.90 Å². The third kappa shape index (κ3) is 3.37. The Kier molecular flexibility index (Phi) is 4.63. The van der Waals surface area contributed by atoms with Crippen molar-refractivity contribution in [2.24, 2.45) is 0 Å². The van der Waals surface area contributed by atoms with E-state index >= 15 is 0 Å². The van der Waals surface area contributed by atoms with Crippen LogP contribution in [0.4, 0.5) is 0 Å². The van der Waals surface area contributed by atoms with Crippen LogP contribution in [0.25, 0.3) is 22.5 Å². The van der Waals surface area contributed by atoms with E-state index in [9.17, 15) is 14.7 Å². The molecule has 1 heterocycles. The van der Waals surface area contributed by atoms with Crippen LogP contribution in [0.2, 0.25) is 0 Å². The molecule has 2 aromatic carbocycles. The quantitative estimate of drug-likeness (QED) is 0.394. The summed E-state index contributed by atoms with van der Waals surface area (Å²) in [5, 5.41) is 9.34. The highest BCUT2D eigenvalue weighted by atomic mass is 32.1. The van der Waals surface area contributed by atoms with Gasteiger partial charge in [0.05, 0.1) is 11.1 Å². The van der Waals surface area contributed by atoms with Crippen LogP contribution >= 0.6 is 12.6 Å². The number of hydrogen-bond donors (Lipinski definition) is 2. The van der Waals surface area contributed by atoms with E-state index in [-0.39, 0.29) is 22.8 Å². The summed E-state index contributed by atoms with van der Waals surface area (Å²) in [5.74, 6) is -0.125. The van der Waals surface area contributed by atoms with E-state index in [4.69, 9.17) is 9.15 Å². The summed E-state index contributed by atoms with van der Waals surface area (Å²) in [7, 11) is 0. The highest BCUT2D eigenvalue weighted by Crippen LogP contribution is 2.35. The normalized spacial score (nSPS) is 10.8. The Balaban J connectivity index is 1.74. The number of thiol groups is 1. The fourth-order valence-corrected chi connectivity index (χ4v) is 3.05. The van der Waals surface area contributed by atoms with Crippen LogP contribution in [0.15, 0.2) is 86.9 Å². The highest BCUT2D eigenvalue weighted by molar-refractivity contribution is 7.80. The third-order valence-electron chi connectivity index (χ3n) is 4.23. The molecular weight excluding hydrogens is 376 g/mol. The minimum atomic E-state index is -0.619. The molecule has 28 heavy (non-hydrogen) atoms. The summed E-state index contributed by atoms with van der Waals surface area (Å²) < 4.78 is 10.8. The minimum absolute atomic E-state index is 0.0475. The van der Waals surface area contributed by atoms with E-state index in [1.807, 2.05) is 30.3 Å². The first kappa shape index (κ1) is 17.9. The number of phenols is 1. The molecule has 5 nitrogen and oxygen atoms in total. The number of aromatic hydroxyl groups is 1. The van der Waals surface area contributed by atoms with Gasteiger partial charge < -0.3 is 14.3 Å². The van der Waals surface area contributed by atoms with E-state index in [2.05, 4.69) is 12.6 Å². The number of ether oxygens (including phenoxy) is 1. The van der Waals surface area contributed by atoms with Gasteiger partial charge >= 0.3 is 11.6 Å². The van der Waals surface area contributed by atoms with Crippen molar-refractivity contribution >= 4 is 18.6 Å². The third-order valence-corrected chi connectivity index (χ3v) is 4.60. The lowest BCUT2D eigenvalue weighted by molar-refractivity contribution is 0.0730. The highest BCUT2D eigenvalue weighted by Gasteiger charge is 2.20. The molecule has 0 spiro atoms. The first-order chi connectivity index (χ1) is 13.5. The van der Waals surface area contributed by atoms with Crippen molar-refractivity contribution in [1.82, 2.24) is 0 Å². The average Bonchev–Trinajstić information content (AvgIpc) is 2.93. The summed E-state index contributed by atoms with van der Waals surface area (Å²) in [6.45, 7) is 0. The molecule has 0 amide bonds. The lowest BCUT2D eigenvalue weighted by atomic mass is 10.0. The molecule has 2 aliphatic rings. The number of fused-ring (bicyclic) bond motifs is 1. The van der Waals surface area contributed by atoms with Gasteiger partial charge in [0.2, 0.25) is 0 Å². The van der Waals surface area contributed by atoms with Crippen LogP contribution in [0, 0.1) is 0 Å². The molecule has 0 saturated carbocycles. The predicted octanol–water partition coefficient (Wildman–Crippen LogP) is 4.63. The Labute approximate surface area is 165 Å². The summed E-state index contributed by atoms with van der Waals surface area (Å²) in [6.07, 6.45) is 0. The fraction of sp³-hybridized carbons (Fsp3) is 0. The van der Waals surface area contributed by atoms with Crippen LogP contribution in [-0.4, -0.2) is 11.1 Å². The molecule has 1 N–H and O–H groups in total. The first-order valence-corrected chi connectivity index (χ1v) is 8.84. The van der Waals surface area contributed by atoms with Gasteiger partial charge in [-0.05, 0) is 42.0 Å². The van der Waals surface area contributed by atoms with E-state index in [1.165, 1.54) is 30.3 Å². The van der Waals surface area contributed by atoms with Gasteiger partial charge in [0.1, 0.15) is 17.3 Å². The summed E-state index contributed by atoms with van der Waals surface area (Å²) in [6, 6.07) is 19.7. The molecular formula is C22H14O5S. The second-order valence-corrected chi connectivity index (χ2v) is 6.55. The molecule has 0 fully saturated rings. The SMILES string of the molecule is O=C(Oc1cc2oc(=O)c(-c3ccccc3)c-2ccc1S)c1ccc(O)cc1. The van der Waals surface area contributed by atoms with Crippen LogP contribution in [0.5, 0.6) is 11.5 Å². The zero-order chi connectivity index (χ0) is 19.7. The van der Waals surface area contributed by atoms with Gasteiger partial charge in [-0.1, -0.05) is 30.3 Å². The fourth-order valence-electron chi connectivity index (χ4n) is 2.87. The van der Waals surface area contributed by atoms with Gasteiger partial charge in [-0.25, -0.2) is 9.59 Å². The molecule has 0 saturated heterocycles. The topological polar surface area (TPSA) is 76.7 Å². The second-order valence-electron chi connectivity index (χ2n) is 6.07. The van der Waals surface area contributed by atoms with Gasteiger partial charge in [-0.15, -0.1) is 12.6 Å². The lowest BCUT2D eigenvalue weighted by Crippen LogP contribution is -2.08. The number of hydrogen-bond acceptors (Lipinski definition) is 6. The largest absolute Gasteiger partial charge is 0.508 e. The summed E-state index contributed by atoms with van der Waals surface area (Å²) in [5.41, 5.74) is 1.57. The second kappa shape index (κ2) is 7.25. The predicted molar refractivity (Wildman–Crippen MR) is 107 cm³/mol. The van der Waals surface area contributed by atoms with Gasteiger partial charge in [-0.2, -0.15) is 0 Å². The first-order valence-electron chi connectivity index (χ1n) is 8.39. The Hall–Kier alpha value is -3.51. The van der Waals surface area contributed by atoms with Gasteiger partial charge in [-0.3, -0.25) is 0 Å². The molecule has 4 rings (SSSR count). The van der Waals surface area contributed by atoms with E-state index < -0.39 is 11.6 Å². The van der Waals surface area contributed by atoms with Crippen LogP contribution in [-0.2, 0) is 0 Å². The van der Waals surface area contributed by atoms with Crippen LogP contribution in [0.1, 0.15) is 10.4 Å². The maximum absolute atomic E-state index is 12.4. The molecule has 1 aliphatic heterocycles. The van der Waals surface area contributed by atoms with Crippen molar-refractivity contribution in [3.63, 3.8) is 0 Å². The zero-order valence-electron chi connectivity index (χ0n) is 14.5. The van der Waals surface area contributed by atoms with Gasteiger partial charge in [0, 0.05) is 16.5 Å². The van der Waals surface area contributed by atoms with E-state index in [0.717, 1.165) is 5.56 Å². The van der Waals surface area contributed by atoms with E-state index in [1.54, 1.807) is 12.1 Å². The van der Waals surface area contributed by atoms with Crippen molar-refractivity contribution in [3.05, 3.63) is 88.8 Å². The number of benzene rings is 2. The van der Waals surface area contributed by atoms with E-state index in [0.29, 0.717) is 16.0 Å². The summed E-state index contributed by atoms with van der Waals surface area (Å²) >= 11 is 4.38. The molecule has 2 aromatic rings. The van der Waals surface area contributed by atoms with Gasteiger partial charge in [0.25, 0.3) is 0 Å². The number of phenolic OH excluding ortho intramolecular Hbond substituents is 1. The number of furan rings is 1. The monoisotopic (exact) mass is 390 g/mol. The van der Waals surface area contributed by atoms with Crippen molar-refractivity contribution < 1.29 is 19.1 Å². The van der Waals surface area contributed by atoms with Gasteiger partial charge in [0.15, 0.2) is 0 Å². The number of carbonyl (C=O) groups excluding carboxylic acids is 1. The van der Waals surface area contributed by atoms with Crippen molar-refractivity contribution in [3.8, 4) is 33.9 Å². The Morgan fingerprint density at radius 3 is 2.39 bits per heavy atom. The molecule has 0 aromatic heterocycles. The smallest absolute Gasteiger partial charge is 0.344 e. The van der Waals surface area contributed by atoms with Crippen LogP contribution < -0.4 is 10.4 Å².